The van der Waals surface area contributed by atoms with E-state index in [0.717, 1.165) is 61.2 Å². The molecule has 7 heteroatoms. The molecule has 0 radical (unpaired) electrons. The third-order valence-electron chi connectivity index (χ3n) is 4.68. The van der Waals surface area contributed by atoms with Gasteiger partial charge in [-0.05, 0) is 32.0 Å². The lowest BCUT2D eigenvalue weighted by atomic mass is 10.1. The summed E-state index contributed by atoms with van der Waals surface area (Å²) in [6.07, 6.45) is 9.23. The van der Waals surface area contributed by atoms with Crippen molar-refractivity contribution in [3.8, 4) is 11.4 Å². The van der Waals surface area contributed by atoms with Gasteiger partial charge in [0.15, 0.2) is 5.82 Å². The van der Waals surface area contributed by atoms with Gasteiger partial charge >= 0.3 is 0 Å². The molecule has 0 spiro atoms. The van der Waals surface area contributed by atoms with Gasteiger partial charge in [-0.2, -0.15) is 0 Å². The van der Waals surface area contributed by atoms with E-state index >= 15 is 0 Å². The van der Waals surface area contributed by atoms with Crippen LogP contribution in [0.1, 0.15) is 24.0 Å². The lowest BCUT2D eigenvalue weighted by Crippen LogP contribution is -2.16. The Morgan fingerprint density at radius 2 is 1.96 bits per heavy atom. The zero-order chi connectivity index (χ0) is 17.8. The monoisotopic (exact) mass is 349 g/mol. The molecule has 3 aromatic rings. The van der Waals surface area contributed by atoms with E-state index in [9.17, 15) is 0 Å². The van der Waals surface area contributed by atoms with Crippen molar-refractivity contribution in [2.24, 2.45) is 0 Å². The molecule has 0 unspecified atom stereocenters. The molecular weight excluding hydrogens is 326 g/mol. The maximum Gasteiger partial charge on any atom is 0.161 e. The van der Waals surface area contributed by atoms with Crippen LogP contribution >= 0.6 is 0 Å². The van der Waals surface area contributed by atoms with Crippen LogP contribution in [-0.2, 0) is 25.9 Å². The summed E-state index contributed by atoms with van der Waals surface area (Å²) < 4.78 is 2.14. The van der Waals surface area contributed by atoms with Crippen molar-refractivity contribution < 1.29 is 0 Å². The van der Waals surface area contributed by atoms with E-state index in [1.807, 2.05) is 24.5 Å². The highest BCUT2D eigenvalue weighted by Gasteiger charge is 2.17. The molecule has 7 nitrogen and oxygen atoms in total. The van der Waals surface area contributed by atoms with Crippen LogP contribution in [0.5, 0.6) is 0 Å². The summed E-state index contributed by atoms with van der Waals surface area (Å²) in [7, 11) is 0. The van der Waals surface area contributed by atoms with Crippen molar-refractivity contribution in [1.29, 1.82) is 0 Å². The van der Waals surface area contributed by atoms with Crippen LogP contribution in [0.2, 0.25) is 0 Å². The molecule has 0 aromatic carbocycles. The van der Waals surface area contributed by atoms with Gasteiger partial charge in [-0.1, -0.05) is 0 Å². The molecule has 0 saturated carbocycles. The Labute approximate surface area is 152 Å². The Bertz CT molecular complexity index is 873. The van der Waals surface area contributed by atoms with E-state index in [1.165, 1.54) is 5.56 Å². The summed E-state index contributed by atoms with van der Waals surface area (Å²) >= 11 is 0. The molecule has 1 aliphatic heterocycles. The van der Waals surface area contributed by atoms with E-state index in [1.54, 1.807) is 12.4 Å². The quantitative estimate of drug-likeness (QED) is 0.734. The maximum absolute atomic E-state index is 4.84. The molecule has 0 saturated heterocycles. The van der Waals surface area contributed by atoms with Crippen LogP contribution in [0.4, 0.5) is 5.82 Å². The number of nitrogens with one attached hydrogen (secondary N) is 2. The van der Waals surface area contributed by atoms with E-state index in [2.05, 4.69) is 32.1 Å². The number of aromatic nitrogens is 5. The summed E-state index contributed by atoms with van der Waals surface area (Å²) in [5.74, 6) is 2.67. The fourth-order valence-corrected chi connectivity index (χ4v) is 3.28. The molecule has 26 heavy (non-hydrogen) atoms. The lowest BCUT2D eigenvalue weighted by Gasteiger charge is -2.15. The highest BCUT2D eigenvalue weighted by molar-refractivity contribution is 5.59. The van der Waals surface area contributed by atoms with Crippen molar-refractivity contribution in [1.82, 2.24) is 29.8 Å². The molecule has 134 valence electrons. The van der Waals surface area contributed by atoms with Crippen LogP contribution < -0.4 is 10.6 Å². The van der Waals surface area contributed by atoms with Crippen molar-refractivity contribution >= 4 is 5.82 Å². The summed E-state index contributed by atoms with van der Waals surface area (Å²) in [4.78, 5) is 18.2. The summed E-state index contributed by atoms with van der Waals surface area (Å²) in [5.41, 5.74) is 3.32. The average Bonchev–Trinajstić information content (AvgIpc) is 3.01. The number of nitrogens with zero attached hydrogens (tertiary/aromatic N) is 5. The zero-order valence-electron chi connectivity index (χ0n) is 14.9. The predicted octanol–water partition coefficient (Wildman–Crippen LogP) is 2.06. The molecule has 0 aliphatic carbocycles. The Hall–Kier alpha value is -2.80. The average molecular weight is 349 g/mol. The van der Waals surface area contributed by atoms with Crippen molar-refractivity contribution in [3.63, 3.8) is 0 Å². The van der Waals surface area contributed by atoms with Gasteiger partial charge in [0.2, 0.25) is 0 Å². The largest absolute Gasteiger partial charge is 0.362 e. The number of imidazole rings is 1. The van der Waals surface area contributed by atoms with Crippen molar-refractivity contribution in [2.45, 2.75) is 32.9 Å². The van der Waals surface area contributed by atoms with E-state index in [4.69, 9.17) is 9.97 Å². The first-order valence-corrected chi connectivity index (χ1v) is 9.10. The first kappa shape index (κ1) is 16.7. The van der Waals surface area contributed by atoms with Gasteiger partial charge in [-0.3, -0.25) is 4.98 Å². The topological polar surface area (TPSA) is 80.6 Å². The smallest absolute Gasteiger partial charge is 0.161 e. The molecule has 1 aliphatic rings. The van der Waals surface area contributed by atoms with Crippen LogP contribution in [0, 0.1) is 0 Å². The first-order chi connectivity index (χ1) is 12.8. The minimum atomic E-state index is 0.646. The standard InChI is InChI=1S/C19H23N7/c1-2-26-12-11-22-17(26)13-23-19-15-5-9-21-10-6-16(15)24-18(25-19)14-3-7-20-8-4-14/h3-4,7-8,11-12,21H,2,5-6,9-10,13H2,1H3,(H,23,24,25). The third-order valence-corrected chi connectivity index (χ3v) is 4.68. The number of rotatable bonds is 5. The Kier molecular flexibility index (Phi) is 4.88. The molecule has 0 amide bonds. The zero-order valence-corrected chi connectivity index (χ0v) is 14.9. The van der Waals surface area contributed by atoms with E-state index in [-0.39, 0.29) is 0 Å². The molecule has 0 bridgehead atoms. The second-order valence-corrected chi connectivity index (χ2v) is 6.29. The van der Waals surface area contributed by atoms with Gasteiger partial charge in [-0.15, -0.1) is 0 Å². The second kappa shape index (κ2) is 7.61. The fraction of sp³-hybridized carbons (Fsp3) is 0.368. The van der Waals surface area contributed by atoms with Crippen molar-refractivity contribution in [3.05, 3.63) is 54.0 Å². The molecule has 3 aromatic heterocycles. The van der Waals surface area contributed by atoms with Gasteiger partial charge in [0, 0.05) is 55.4 Å². The maximum atomic E-state index is 4.84. The van der Waals surface area contributed by atoms with Gasteiger partial charge in [-0.25, -0.2) is 15.0 Å². The molecule has 0 fully saturated rings. The third kappa shape index (κ3) is 3.43. The second-order valence-electron chi connectivity index (χ2n) is 6.29. The predicted molar refractivity (Wildman–Crippen MR) is 101 cm³/mol. The lowest BCUT2D eigenvalue weighted by molar-refractivity contribution is 0.705. The van der Waals surface area contributed by atoms with E-state index in [0.29, 0.717) is 6.54 Å². The Balaban J connectivity index is 1.69. The van der Waals surface area contributed by atoms with Crippen LogP contribution in [0.3, 0.4) is 0 Å². The Morgan fingerprint density at radius 1 is 1.12 bits per heavy atom. The Morgan fingerprint density at radius 3 is 2.81 bits per heavy atom. The van der Waals surface area contributed by atoms with Crippen LogP contribution in [0.25, 0.3) is 11.4 Å². The molecule has 2 N–H and O–H groups in total. The highest BCUT2D eigenvalue weighted by Crippen LogP contribution is 2.24. The molecule has 4 heterocycles. The summed E-state index contributed by atoms with van der Waals surface area (Å²) in [6, 6.07) is 3.90. The number of pyridine rings is 1. The highest BCUT2D eigenvalue weighted by atomic mass is 15.1. The minimum absolute atomic E-state index is 0.646. The normalized spacial score (nSPS) is 13.9. The first-order valence-electron chi connectivity index (χ1n) is 9.10. The van der Waals surface area contributed by atoms with Crippen LogP contribution in [0.15, 0.2) is 36.9 Å². The summed E-state index contributed by atoms with van der Waals surface area (Å²) in [5, 5.41) is 6.96. The van der Waals surface area contributed by atoms with Gasteiger partial charge in [0.25, 0.3) is 0 Å². The number of hydrogen-bond donors (Lipinski definition) is 2. The minimum Gasteiger partial charge on any atom is -0.362 e. The number of fused-ring (bicyclic) bond motifs is 1. The number of aryl methyl sites for hydroxylation is 1. The van der Waals surface area contributed by atoms with E-state index < -0.39 is 0 Å². The van der Waals surface area contributed by atoms with Gasteiger partial charge < -0.3 is 15.2 Å². The number of anilines is 1. The summed E-state index contributed by atoms with van der Waals surface area (Å²) in [6.45, 7) is 5.57. The van der Waals surface area contributed by atoms with Crippen LogP contribution in [-0.4, -0.2) is 37.6 Å². The van der Waals surface area contributed by atoms with Crippen molar-refractivity contribution in [2.75, 3.05) is 18.4 Å². The molecular formula is C19H23N7. The molecule has 0 atom stereocenters. The molecule has 4 rings (SSSR count). The van der Waals surface area contributed by atoms with Gasteiger partial charge in [0.05, 0.1) is 12.2 Å². The van der Waals surface area contributed by atoms with Gasteiger partial charge in [0.1, 0.15) is 11.6 Å². The SMILES string of the molecule is CCn1ccnc1CNc1nc(-c2ccncc2)nc2c1CCNCC2. The fourth-order valence-electron chi connectivity index (χ4n) is 3.28. The number of hydrogen-bond acceptors (Lipinski definition) is 6.